The third kappa shape index (κ3) is 3.71. The van der Waals surface area contributed by atoms with Crippen LogP contribution >= 0.6 is 11.6 Å². The summed E-state index contributed by atoms with van der Waals surface area (Å²) in [7, 11) is 1.73. The second-order valence-electron chi connectivity index (χ2n) is 6.30. The van der Waals surface area contributed by atoms with E-state index in [2.05, 4.69) is 10.2 Å². The van der Waals surface area contributed by atoms with E-state index in [9.17, 15) is 0 Å². The van der Waals surface area contributed by atoms with Crippen molar-refractivity contribution in [3.8, 4) is 5.75 Å². The van der Waals surface area contributed by atoms with Crippen molar-refractivity contribution in [1.29, 1.82) is 0 Å². The minimum absolute atomic E-state index is 0.731. The highest BCUT2D eigenvalue weighted by Gasteiger charge is 2.29. The summed E-state index contributed by atoms with van der Waals surface area (Å²) in [6, 6.07) is 6.63. The largest absolute Gasteiger partial charge is 0.496 e. The zero-order chi connectivity index (χ0) is 14.7. The Hall–Kier alpha value is -0.770. The van der Waals surface area contributed by atoms with Crippen LogP contribution in [0.1, 0.15) is 31.2 Å². The van der Waals surface area contributed by atoms with Gasteiger partial charge in [-0.05, 0) is 62.9 Å². The highest BCUT2D eigenvalue weighted by atomic mass is 35.5. The molecular weight excluding hydrogens is 284 g/mol. The van der Waals surface area contributed by atoms with Crippen LogP contribution in [0, 0.1) is 5.92 Å². The molecule has 1 aromatic carbocycles. The molecule has 21 heavy (non-hydrogen) atoms. The summed E-state index contributed by atoms with van der Waals surface area (Å²) in [6.07, 6.45) is 5.34. The summed E-state index contributed by atoms with van der Waals surface area (Å²) in [5.74, 6) is 1.74. The maximum atomic E-state index is 6.14. The predicted molar refractivity (Wildman–Crippen MR) is 87.0 cm³/mol. The molecule has 0 aliphatic carbocycles. The lowest BCUT2D eigenvalue weighted by atomic mass is 9.89. The Labute approximate surface area is 132 Å². The molecule has 3 rings (SSSR count). The number of benzene rings is 1. The van der Waals surface area contributed by atoms with Crippen LogP contribution in [0.2, 0.25) is 5.02 Å². The summed E-state index contributed by atoms with van der Waals surface area (Å²) in [6.45, 7) is 4.50. The van der Waals surface area contributed by atoms with E-state index in [1.54, 1.807) is 7.11 Å². The molecule has 0 saturated carbocycles. The van der Waals surface area contributed by atoms with Gasteiger partial charge < -0.3 is 10.1 Å². The first-order valence-corrected chi connectivity index (χ1v) is 8.42. The fourth-order valence-corrected chi connectivity index (χ4v) is 3.98. The van der Waals surface area contributed by atoms with Gasteiger partial charge in [0.05, 0.1) is 7.11 Å². The number of likely N-dealkylation sites (tertiary alicyclic amines) is 1. The minimum Gasteiger partial charge on any atom is -0.496 e. The van der Waals surface area contributed by atoms with Gasteiger partial charge in [-0.3, -0.25) is 4.90 Å². The Balaban J connectivity index is 1.65. The number of halogens is 1. The van der Waals surface area contributed by atoms with Crippen LogP contribution in [0.3, 0.4) is 0 Å². The zero-order valence-electron chi connectivity index (χ0n) is 12.8. The van der Waals surface area contributed by atoms with Crippen LogP contribution < -0.4 is 10.1 Å². The molecule has 2 unspecified atom stereocenters. The van der Waals surface area contributed by atoms with Gasteiger partial charge in [0.15, 0.2) is 0 Å². The lowest BCUT2D eigenvalue weighted by Gasteiger charge is -2.36. The smallest absolute Gasteiger partial charge is 0.123 e. The third-order valence-electron chi connectivity index (χ3n) is 4.85. The van der Waals surface area contributed by atoms with Crippen molar-refractivity contribution in [3.63, 3.8) is 0 Å². The highest BCUT2D eigenvalue weighted by Crippen LogP contribution is 2.28. The van der Waals surface area contributed by atoms with E-state index in [0.717, 1.165) is 29.3 Å². The number of piperidine rings is 1. The first kappa shape index (κ1) is 15.1. The highest BCUT2D eigenvalue weighted by molar-refractivity contribution is 6.30. The quantitative estimate of drug-likeness (QED) is 0.923. The molecule has 2 atom stereocenters. The van der Waals surface area contributed by atoms with Crippen molar-refractivity contribution in [2.24, 2.45) is 5.92 Å². The molecule has 2 fully saturated rings. The topological polar surface area (TPSA) is 24.5 Å². The summed E-state index contributed by atoms with van der Waals surface area (Å²) in [5.41, 5.74) is 1.20. The number of rotatable bonds is 4. The van der Waals surface area contributed by atoms with Crippen LogP contribution in [0.4, 0.5) is 0 Å². The molecule has 116 valence electrons. The molecule has 0 amide bonds. The Morgan fingerprint density at radius 2 is 2.24 bits per heavy atom. The van der Waals surface area contributed by atoms with Crippen LogP contribution in [0.5, 0.6) is 5.75 Å². The summed E-state index contributed by atoms with van der Waals surface area (Å²) in [5, 5.41) is 4.46. The first-order chi connectivity index (χ1) is 10.3. The number of nitrogens with zero attached hydrogens (tertiary/aromatic N) is 1. The van der Waals surface area contributed by atoms with E-state index in [1.165, 1.54) is 50.9 Å². The third-order valence-corrected chi connectivity index (χ3v) is 5.08. The second-order valence-corrected chi connectivity index (χ2v) is 6.73. The van der Waals surface area contributed by atoms with Gasteiger partial charge in [-0.15, -0.1) is 0 Å². The van der Waals surface area contributed by atoms with Gasteiger partial charge in [-0.2, -0.15) is 0 Å². The molecule has 2 aliphatic rings. The van der Waals surface area contributed by atoms with Crippen LogP contribution in [0.25, 0.3) is 0 Å². The van der Waals surface area contributed by atoms with Crippen LogP contribution in [-0.4, -0.2) is 37.7 Å². The Morgan fingerprint density at radius 1 is 1.33 bits per heavy atom. The van der Waals surface area contributed by atoms with Crippen LogP contribution in [-0.2, 0) is 6.54 Å². The summed E-state index contributed by atoms with van der Waals surface area (Å²) >= 11 is 6.14. The monoisotopic (exact) mass is 308 g/mol. The fraction of sp³-hybridized carbons (Fsp3) is 0.647. The normalized spacial score (nSPS) is 27.0. The van der Waals surface area contributed by atoms with Crippen molar-refractivity contribution in [1.82, 2.24) is 10.2 Å². The predicted octanol–water partition coefficient (Wildman–Crippen LogP) is 3.31. The number of hydrogen-bond acceptors (Lipinski definition) is 3. The number of ether oxygens (including phenoxy) is 1. The lowest BCUT2D eigenvalue weighted by Crippen LogP contribution is -2.43. The van der Waals surface area contributed by atoms with Gasteiger partial charge >= 0.3 is 0 Å². The van der Waals surface area contributed by atoms with Crippen molar-refractivity contribution in [3.05, 3.63) is 28.8 Å². The molecule has 4 heteroatoms. The van der Waals surface area contributed by atoms with Gasteiger partial charge in [0, 0.05) is 29.7 Å². The number of nitrogens with one attached hydrogen (secondary N) is 1. The molecular formula is C17H25ClN2O. The van der Waals surface area contributed by atoms with Gasteiger partial charge in [0.1, 0.15) is 5.75 Å². The van der Waals surface area contributed by atoms with E-state index in [-0.39, 0.29) is 0 Å². The standard InChI is InChI=1S/C17H25ClN2O/c1-21-17-7-6-15(18)10-14(17)12-20-9-3-4-13(11-20)16-5-2-8-19-16/h6-7,10,13,16,19H,2-5,8-9,11-12H2,1H3. The molecule has 2 saturated heterocycles. The van der Waals surface area contributed by atoms with Crippen molar-refractivity contribution in [2.75, 3.05) is 26.7 Å². The molecule has 1 N–H and O–H groups in total. The molecule has 0 aromatic heterocycles. The summed E-state index contributed by atoms with van der Waals surface area (Å²) < 4.78 is 5.47. The molecule has 1 aromatic rings. The number of hydrogen-bond donors (Lipinski definition) is 1. The Kier molecular flexibility index (Phi) is 5.04. The molecule has 2 aliphatic heterocycles. The molecule has 3 nitrogen and oxygen atoms in total. The molecule has 0 radical (unpaired) electrons. The van der Waals surface area contributed by atoms with Gasteiger partial charge in [0.25, 0.3) is 0 Å². The molecule has 0 bridgehead atoms. The molecule has 0 spiro atoms. The first-order valence-electron chi connectivity index (χ1n) is 8.04. The van der Waals surface area contributed by atoms with Crippen molar-refractivity contribution >= 4 is 11.6 Å². The maximum absolute atomic E-state index is 6.14. The van der Waals surface area contributed by atoms with Gasteiger partial charge in [0.2, 0.25) is 0 Å². The van der Waals surface area contributed by atoms with E-state index in [4.69, 9.17) is 16.3 Å². The SMILES string of the molecule is COc1ccc(Cl)cc1CN1CCCC(C2CCCN2)C1. The second kappa shape index (κ2) is 6.99. The minimum atomic E-state index is 0.731. The Bertz CT molecular complexity index is 474. The average Bonchev–Trinajstić information content (AvgIpc) is 3.02. The van der Waals surface area contributed by atoms with Crippen LogP contribution in [0.15, 0.2) is 18.2 Å². The zero-order valence-corrected chi connectivity index (χ0v) is 13.5. The fourth-order valence-electron chi connectivity index (χ4n) is 3.79. The van der Waals surface area contributed by atoms with E-state index in [0.29, 0.717) is 0 Å². The van der Waals surface area contributed by atoms with E-state index >= 15 is 0 Å². The van der Waals surface area contributed by atoms with Gasteiger partial charge in [-0.25, -0.2) is 0 Å². The van der Waals surface area contributed by atoms with Crippen molar-refractivity contribution < 1.29 is 4.74 Å². The van der Waals surface area contributed by atoms with Crippen molar-refractivity contribution in [2.45, 2.75) is 38.3 Å². The average molecular weight is 309 g/mol. The lowest BCUT2D eigenvalue weighted by molar-refractivity contribution is 0.144. The molecule has 2 heterocycles. The maximum Gasteiger partial charge on any atom is 0.123 e. The van der Waals surface area contributed by atoms with E-state index < -0.39 is 0 Å². The summed E-state index contributed by atoms with van der Waals surface area (Å²) in [4.78, 5) is 2.56. The number of methoxy groups -OCH3 is 1. The Morgan fingerprint density at radius 3 is 3.00 bits per heavy atom. The van der Waals surface area contributed by atoms with Gasteiger partial charge in [-0.1, -0.05) is 11.6 Å². The van der Waals surface area contributed by atoms with E-state index in [1.807, 2.05) is 18.2 Å².